The number of thioether (sulfide) groups is 1. The first-order valence-corrected chi connectivity index (χ1v) is 12.0. The van der Waals surface area contributed by atoms with Crippen LogP contribution in [0.4, 0.5) is 4.39 Å². The molecule has 4 rings (SSSR count). The zero-order valence-corrected chi connectivity index (χ0v) is 20.5. The van der Waals surface area contributed by atoms with Crippen LogP contribution in [0.25, 0.3) is 5.69 Å². The smallest absolute Gasteiger partial charge is 0.220 e. The number of halogens is 2. The zero-order valence-electron chi connectivity index (χ0n) is 19.0. The Kier molecular flexibility index (Phi) is 7.83. The van der Waals surface area contributed by atoms with Gasteiger partial charge in [0.15, 0.2) is 5.16 Å². The number of nitro groups is 1. The van der Waals surface area contributed by atoms with Gasteiger partial charge in [-0.3, -0.25) is 14.7 Å². The van der Waals surface area contributed by atoms with Crippen LogP contribution in [-0.4, -0.2) is 26.2 Å². The lowest BCUT2D eigenvalue weighted by atomic mass is 10.1. The summed E-state index contributed by atoms with van der Waals surface area (Å²) >= 11 is 7.63. The summed E-state index contributed by atoms with van der Waals surface area (Å²) < 4.78 is 20.9. The second kappa shape index (κ2) is 11.2. The molecule has 36 heavy (non-hydrogen) atoms. The average molecular weight is 524 g/mol. The molecule has 0 aliphatic carbocycles. The zero-order chi connectivity index (χ0) is 25.7. The number of nitrogens with zero attached hydrogens (tertiary/aromatic N) is 5. The summed E-state index contributed by atoms with van der Waals surface area (Å²) in [6.07, 6.45) is 0. The van der Waals surface area contributed by atoms with E-state index in [1.807, 2.05) is 6.07 Å². The fourth-order valence-corrected chi connectivity index (χ4v) is 4.93. The minimum Gasteiger partial charge on any atom is -0.487 e. The van der Waals surface area contributed by atoms with Crippen molar-refractivity contribution in [2.75, 3.05) is 6.54 Å². The largest absolute Gasteiger partial charge is 0.487 e. The van der Waals surface area contributed by atoms with E-state index >= 15 is 0 Å². The van der Waals surface area contributed by atoms with Crippen molar-refractivity contribution >= 4 is 23.4 Å². The lowest BCUT2D eigenvalue weighted by Crippen LogP contribution is -2.11. The summed E-state index contributed by atoms with van der Waals surface area (Å²) in [7, 11) is 0. The number of rotatable bonds is 9. The Morgan fingerprint density at radius 2 is 1.94 bits per heavy atom. The molecule has 1 heterocycles. The summed E-state index contributed by atoms with van der Waals surface area (Å²) in [6.45, 7) is 1.51. The van der Waals surface area contributed by atoms with Crippen LogP contribution in [0.15, 0.2) is 71.9 Å². The highest BCUT2D eigenvalue weighted by Crippen LogP contribution is 2.38. The monoisotopic (exact) mass is 523 g/mol. The van der Waals surface area contributed by atoms with Crippen molar-refractivity contribution in [3.05, 3.63) is 110 Å². The average Bonchev–Trinajstić information content (AvgIpc) is 3.23. The van der Waals surface area contributed by atoms with Crippen molar-refractivity contribution in [1.29, 1.82) is 5.26 Å². The number of hydrogen-bond acceptors (Lipinski definition) is 7. The Bertz CT molecular complexity index is 1440. The SMILES string of the molecule is Cc1nnc(S[C@@H](C[N+](=O)[O-])c2ccc(OCc3ccccc3C#N)c(Cl)c2)n1-c1ccc(F)cc1. The van der Waals surface area contributed by atoms with Crippen LogP contribution in [0.3, 0.4) is 0 Å². The van der Waals surface area contributed by atoms with E-state index in [1.165, 1.54) is 12.1 Å². The lowest BCUT2D eigenvalue weighted by Gasteiger charge is -2.16. The second-order valence-corrected chi connectivity index (χ2v) is 9.29. The van der Waals surface area contributed by atoms with Crippen LogP contribution in [0.2, 0.25) is 5.02 Å². The molecule has 0 unspecified atom stereocenters. The highest BCUT2D eigenvalue weighted by atomic mass is 35.5. The maximum absolute atomic E-state index is 13.4. The van der Waals surface area contributed by atoms with Crippen LogP contribution in [0.1, 0.15) is 27.8 Å². The number of benzene rings is 3. The van der Waals surface area contributed by atoms with Gasteiger partial charge in [0.2, 0.25) is 6.54 Å². The molecule has 4 aromatic rings. The van der Waals surface area contributed by atoms with Gasteiger partial charge >= 0.3 is 0 Å². The first-order valence-electron chi connectivity index (χ1n) is 10.7. The predicted molar refractivity (Wildman–Crippen MR) is 133 cm³/mol. The summed E-state index contributed by atoms with van der Waals surface area (Å²) in [5.41, 5.74) is 2.48. The number of aryl methyl sites for hydroxylation is 1. The lowest BCUT2D eigenvalue weighted by molar-refractivity contribution is -0.479. The van der Waals surface area contributed by atoms with E-state index in [1.54, 1.807) is 60.0 Å². The summed E-state index contributed by atoms with van der Waals surface area (Å²) in [5.74, 6) is 0.574. The molecule has 8 nitrogen and oxygen atoms in total. The molecule has 0 amide bonds. The van der Waals surface area contributed by atoms with Crippen LogP contribution < -0.4 is 4.74 Å². The molecule has 0 N–H and O–H groups in total. The van der Waals surface area contributed by atoms with Crippen molar-refractivity contribution in [1.82, 2.24) is 14.8 Å². The van der Waals surface area contributed by atoms with Gasteiger partial charge in [0.25, 0.3) is 0 Å². The normalized spacial score (nSPS) is 11.6. The predicted octanol–water partition coefficient (Wildman–Crippen LogP) is 5.93. The number of ether oxygens (including phenoxy) is 1. The minimum absolute atomic E-state index is 0.149. The van der Waals surface area contributed by atoms with Crippen molar-refractivity contribution in [2.45, 2.75) is 23.9 Å². The van der Waals surface area contributed by atoms with E-state index in [-0.39, 0.29) is 24.0 Å². The van der Waals surface area contributed by atoms with Crippen molar-refractivity contribution in [3.8, 4) is 17.5 Å². The molecule has 1 aromatic heterocycles. The van der Waals surface area contributed by atoms with Gasteiger partial charge in [-0.25, -0.2) is 4.39 Å². The van der Waals surface area contributed by atoms with E-state index in [0.717, 1.165) is 17.3 Å². The molecular formula is C25H19ClFN5O3S. The molecule has 0 aliphatic heterocycles. The molecule has 0 spiro atoms. The molecule has 0 bridgehead atoms. The van der Waals surface area contributed by atoms with Crippen molar-refractivity contribution in [2.24, 2.45) is 0 Å². The maximum Gasteiger partial charge on any atom is 0.220 e. The highest BCUT2D eigenvalue weighted by Gasteiger charge is 2.24. The van der Waals surface area contributed by atoms with Gasteiger partial charge < -0.3 is 4.74 Å². The third-order valence-electron chi connectivity index (χ3n) is 5.29. The quantitative estimate of drug-likeness (QED) is 0.152. The molecule has 0 aliphatic rings. The molecule has 0 radical (unpaired) electrons. The van der Waals surface area contributed by atoms with E-state index in [2.05, 4.69) is 16.3 Å². The summed E-state index contributed by atoms with van der Waals surface area (Å²) in [5, 5.41) is 29.1. The van der Waals surface area contributed by atoms with Gasteiger partial charge in [-0.05, 0) is 55.0 Å². The van der Waals surface area contributed by atoms with E-state index < -0.39 is 10.2 Å². The molecule has 0 fully saturated rings. The Morgan fingerprint density at radius 3 is 2.64 bits per heavy atom. The highest BCUT2D eigenvalue weighted by molar-refractivity contribution is 7.99. The van der Waals surface area contributed by atoms with E-state index in [4.69, 9.17) is 16.3 Å². The molecule has 182 valence electrons. The Balaban J connectivity index is 1.58. The van der Waals surface area contributed by atoms with Gasteiger partial charge in [-0.15, -0.1) is 10.2 Å². The van der Waals surface area contributed by atoms with Gasteiger partial charge in [0.05, 0.1) is 16.7 Å². The first-order chi connectivity index (χ1) is 17.4. The van der Waals surface area contributed by atoms with Crippen LogP contribution in [0.5, 0.6) is 5.75 Å². The molecule has 11 heteroatoms. The molecule has 3 aromatic carbocycles. The Hall–Kier alpha value is -3.94. The third-order valence-corrected chi connectivity index (χ3v) is 6.77. The second-order valence-electron chi connectivity index (χ2n) is 7.71. The molecule has 1 atom stereocenters. The van der Waals surface area contributed by atoms with Gasteiger partial charge in [0.1, 0.15) is 29.2 Å². The van der Waals surface area contributed by atoms with Gasteiger partial charge in [-0.2, -0.15) is 5.26 Å². The van der Waals surface area contributed by atoms with E-state index in [9.17, 15) is 19.8 Å². The van der Waals surface area contributed by atoms with Crippen LogP contribution >= 0.6 is 23.4 Å². The fourth-order valence-electron chi connectivity index (χ4n) is 3.53. The van der Waals surface area contributed by atoms with Gasteiger partial charge in [-0.1, -0.05) is 47.6 Å². The summed E-state index contributed by atoms with van der Waals surface area (Å²) in [6, 6.07) is 20.0. The minimum atomic E-state index is -0.631. The van der Waals surface area contributed by atoms with Crippen LogP contribution in [0, 0.1) is 34.2 Å². The van der Waals surface area contributed by atoms with Crippen molar-refractivity contribution < 1.29 is 14.1 Å². The van der Waals surface area contributed by atoms with Crippen LogP contribution in [-0.2, 0) is 6.61 Å². The maximum atomic E-state index is 13.4. The number of nitriles is 1. The standard InChI is InChI=1S/C25H19ClFN5O3S/c1-16-29-30-25(32(16)21-9-7-20(27)8-10-21)36-24(14-31(33)34)17-6-11-23(22(26)12-17)35-15-19-5-3-2-4-18(19)13-28/h2-12,24H,14-15H2,1H3/t24-/m0/s1. The Labute approximate surface area is 215 Å². The van der Waals surface area contributed by atoms with E-state index in [0.29, 0.717) is 33.5 Å². The number of hydrogen-bond donors (Lipinski definition) is 0. The molecule has 0 saturated heterocycles. The van der Waals surface area contributed by atoms with Gasteiger partial charge in [0, 0.05) is 16.2 Å². The summed E-state index contributed by atoms with van der Waals surface area (Å²) in [4.78, 5) is 11.1. The fraction of sp³-hybridized carbons (Fsp3) is 0.160. The first kappa shape index (κ1) is 25.2. The van der Waals surface area contributed by atoms with Crippen molar-refractivity contribution in [3.63, 3.8) is 0 Å². The Morgan fingerprint density at radius 1 is 1.19 bits per heavy atom. The third kappa shape index (κ3) is 5.82. The molecular weight excluding hydrogens is 505 g/mol. The molecule has 0 saturated carbocycles. The topological polar surface area (TPSA) is 107 Å². The number of aromatic nitrogens is 3.